The van der Waals surface area contributed by atoms with Crippen molar-refractivity contribution in [2.45, 2.75) is 36.0 Å². The van der Waals surface area contributed by atoms with E-state index in [9.17, 15) is 35.3 Å². The van der Waals surface area contributed by atoms with E-state index < -0.39 is 35.1 Å². The highest BCUT2D eigenvalue weighted by Gasteiger charge is 2.75. The van der Waals surface area contributed by atoms with Crippen molar-refractivity contribution in [3.63, 3.8) is 0 Å². The van der Waals surface area contributed by atoms with Crippen molar-refractivity contribution in [2.75, 3.05) is 7.11 Å². The Morgan fingerprint density at radius 1 is 1.09 bits per heavy atom. The van der Waals surface area contributed by atoms with Gasteiger partial charge in [0.05, 0.1) is 23.8 Å². The standard InChI is InChI=1S/C18H14F7N3O3S/c1-9-7-26-10(5-14(9)30-2)8-32(29)15-27-12-4-3-11(6-13(12)28-15)31-18(24,25)16(19,20)17(21,22)23/h3-7H,8H2,1-2H3,(H,27,28). The summed E-state index contributed by atoms with van der Waals surface area (Å²) in [6, 6.07) is 4.11. The van der Waals surface area contributed by atoms with E-state index in [1.54, 1.807) is 13.0 Å². The van der Waals surface area contributed by atoms with E-state index in [0.29, 0.717) is 11.4 Å². The first kappa shape index (κ1) is 23.9. The van der Waals surface area contributed by atoms with Crippen LogP contribution in [0.15, 0.2) is 35.6 Å². The normalized spacial score (nSPS) is 13.9. The molecule has 1 N–H and O–H groups in total. The highest BCUT2D eigenvalue weighted by Crippen LogP contribution is 2.47. The fourth-order valence-corrected chi connectivity index (χ4v) is 3.55. The van der Waals surface area contributed by atoms with Crippen molar-refractivity contribution in [1.29, 1.82) is 0 Å². The quantitative estimate of drug-likeness (QED) is 0.386. The van der Waals surface area contributed by atoms with Gasteiger partial charge in [-0.3, -0.25) is 9.97 Å². The Kier molecular flexibility index (Phi) is 6.21. The zero-order chi connectivity index (χ0) is 23.9. The fourth-order valence-electron chi connectivity index (χ4n) is 2.56. The number of imidazole rings is 1. The number of aryl methyl sites for hydroxylation is 1. The van der Waals surface area contributed by atoms with E-state index in [1.807, 2.05) is 0 Å². The molecule has 3 aromatic rings. The van der Waals surface area contributed by atoms with Gasteiger partial charge in [0.1, 0.15) is 11.5 Å². The van der Waals surface area contributed by atoms with Gasteiger partial charge >= 0.3 is 23.4 Å². The number of nitrogens with zero attached hydrogens (tertiary/aromatic N) is 2. The Hall–Kier alpha value is -2.74. The molecule has 0 amide bonds. The number of ether oxygens (including phenoxy) is 2. The van der Waals surface area contributed by atoms with Crippen LogP contribution in [0.25, 0.3) is 11.0 Å². The number of alkyl halides is 7. The molecule has 14 heteroatoms. The van der Waals surface area contributed by atoms with Crippen LogP contribution in [0.4, 0.5) is 30.7 Å². The van der Waals surface area contributed by atoms with Crippen molar-refractivity contribution in [3.8, 4) is 11.5 Å². The van der Waals surface area contributed by atoms with Gasteiger partial charge < -0.3 is 14.0 Å². The summed E-state index contributed by atoms with van der Waals surface area (Å²) in [6.45, 7) is 1.76. The minimum atomic E-state index is -6.52. The molecule has 0 bridgehead atoms. The van der Waals surface area contributed by atoms with E-state index in [2.05, 4.69) is 19.7 Å². The van der Waals surface area contributed by atoms with E-state index >= 15 is 0 Å². The van der Waals surface area contributed by atoms with Crippen LogP contribution in [0, 0.1) is 6.92 Å². The maximum Gasteiger partial charge on any atom is 0.474 e. The Morgan fingerprint density at radius 3 is 2.41 bits per heavy atom. The molecule has 6 nitrogen and oxygen atoms in total. The Morgan fingerprint density at radius 2 is 1.78 bits per heavy atom. The van der Waals surface area contributed by atoms with Gasteiger partial charge in [0.2, 0.25) is 0 Å². The van der Waals surface area contributed by atoms with E-state index in [-0.39, 0.29) is 21.9 Å². The summed E-state index contributed by atoms with van der Waals surface area (Å²) in [6.07, 6.45) is -10.9. The Bertz CT molecular complexity index is 1120. The van der Waals surface area contributed by atoms with Crippen molar-refractivity contribution < 1.29 is 44.8 Å². The molecule has 1 aromatic carbocycles. The second-order valence-electron chi connectivity index (χ2n) is 6.55. The zero-order valence-electron chi connectivity index (χ0n) is 16.3. The monoisotopic (exact) mass is 485 g/mol. The summed E-state index contributed by atoms with van der Waals surface area (Å²) >= 11 is -1.78. The molecule has 174 valence electrons. The largest absolute Gasteiger partial charge is 0.609 e. The number of halogens is 7. The van der Waals surface area contributed by atoms with Crippen LogP contribution in [-0.4, -0.2) is 44.8 Å². The van der Waals surface area contributed by atoms with Crippen molar-refractivity contribution in [2.24, 2.45) is 0 Å². The van der Waals surface area contributed by atoms with Gasteiger partial charge in [-0.25, -0.2) is 0 Å². The molecule has 0 radical (unpaired) electrons. The van der Waals surface area contributed by atoms with Crippen molar-refractivity contribution in [3.05, 3.63) is 41.7 Å². The van der Waals surface area contributed by atoms with Gasteiger partial charge in [0, 0.05) is 35.1 Å². The average Bonchev–Trinajstić information content (AvgIpc) is 3.11. The fraction of sp³-hybridized carbons (Fsp3) is 0.333. The van der Waals surface area contributed by atoms with Gasteiger partial charge in [-0.1, -0.05) is 0 Å². The molecule has 0 spiro atoms. The van der Waals surface area contributed by atoms with Crippen LogP contribution in [-0.2, 0) is 16.9 Å². The summed E-state index contributed by atoms with van der Waals surface area (Å²) < 4.78 is 111. The maximum absolute atomic E-state index is 13.5. The Labute approximate surface area is 178 Å². The van der Waals surface area contributed by atoms with Crippen LogP contribution in [0.5, 0.6) is 11.5 Å². The highest BCUT2D eigenvalue weighted by atomic mass is 32.2. The molecular weight excluding hydrogens is 471 g/mol. The molecule has 0 aliphatic rings. The first-order chi connectivity index (χ1) is 14.7. The summed E-state index contributed by atoms with van der Waals surface area (Å²) in [5.41, 5.74) is 1.20. The van der Waals surface area contributed by atoms with E-state index in [4.69, 9.17) is 4.74 Å². The van der Waals surface area contributed by atoms with Crippen molar-refractivity contribution >= 4 is 22.2 Å². The molecule has 32 heavy (non-hydrogen) atoms. The number of fused-ring (bicyclic) bond motifs is 1. The van der Waals surface area contributed by atoms with Crippen LogP contribution in [0.1, 0.15) is 11.3 Å². The molecule has 0 saturated carbocycles. The lowest BCUT2D eigenvalue weighted by Gasteiger charge is -2.27. The smallest absolute Gasteiger partial charge is 0.474 e. The molecule has 0 aliphatic heterocycles. The molecule has 0 saturated heterocycles. The summed E-state index contributed by atoms with van der Waals surface area (Å²) in [4.78, 5) is 10.7. The first-order valence-electron chi connectivity index (χ1n) is 8.64. The van der Waals surface area contributed by atoms with Gasteiger partial charge in [-0.2, -0.15) is 35.7 Å². The zero-order valence-corrected chi connectivity index (χ0v) is 17.1. The third-order valence-electron chi connectivity index (χ3n) is 4.23. The maximum atomic E-state index is 13.5. The van der Waals surface area contributed by atoms with Gasteiger partial charge in [-0.05, 0) is 19.1 Å². The lowest BCUT2D eigenvalue weighted by molar-refractivity contribution is -0.402. The lowest BCUT2D eigenvalue weighted by atomic mass is 10.2. The molecule has 1 atom stereocenters. The number of hydrogen-bond donors (Lipinski definition) is 1. The number of benzene rings is 1. The molecular formula is C18H14F7N3O3S. The van der Waals surface area contributed by atoms with Crippen LogP contribution in [0.2, 0.25) is 0 Å². The Balaban J connectivity index is 1.81. The predicted octanol–water partition coefficient (Wildman–Crippen LogP) is 4.75. The van der Waals surface area contributed by atoms with Crippen molar-refractivity contribution in [1.82, 2.24) is 15.0 Å². The molecule has 0 fully saturated rings. The molecule has 2 aromatic heterocycles. The average molecular weight is 485 g/mol. The van der Waals surface area contributed by atoms with Gasteiger partial charge in [0.15, 0.2) is 5.75 Å². The van der Waals surface area contributed by atoms with Gasteiger partial charge in [0.25, 0.3) is 0 Å². The number of hydrogen-bond acceptors (Lipinski definition) is 5. The summed E-state index contributed by atoms with van der Waals surface area (Å²) in [5.74, 6) is -6.97. The first-order valence-corrected chi connectivity index (χ1v) is 9.96. The number of methoxy groups -OCH3 is 1. The second kappa shape index (κ2) is 8.31. The van der Waals surface area contributed by atoms with Crippen LogP contribution in [0.3, 0.4) is 0 Å². The van der Waals surface area contributed by atoms with Crippen LogP contribution < -0.4 is 9.47 Å². The third kappa shape index (κ3) is 4.55. The van der Waals surface area contributed by atoms with Gasteiger partial charge in [-0.15, -0.1) is 0 Å². The molecule has 0 aliphatic carbocycles. The number of nitrogens with one attached hydrogen (secondary N) is 1. The molecule has 2 heterocycles. The second-order valence-corrected chi connectivity index (χ2v) is 7.91. The van der Waals surface area contributed by atoms with E-state index in [1.165, 1.54) is 13.3 Å². The lowest BCUT2D eigenvalue weighted by Crippen LogP contribution is -2.55. The number of aromatic nitrogens is 3. The number of rotatable bonds is 7. The molecule has 1 unspecified atom stereocenters. The highest BCUT2D eigenvalue weighted by molar-refractivity contribution is 7.90. The third-order valence-corrected chi connectivity index (χ3v) is 5.41. The number of aromatic amines is 1. The van der Waals surface area contributed by atoms with E-state index in [0.717, 1.165) is 23.8 Å². The van der Waals surface area contributed by atoms with Crippen LogP contribution >= 0.6 is 0 Å². The minimum Gasteiger partial charge on any atom is -0.609 e. The minimum absolute atomic E-state index is 0.0876. The summed E-state index contributed by atoms with van der Waals surface area (Å²) in [5, 5.41) is -0.0918. The summed E-state index contributed by atoms with van der Waals surface area (Å²) in [7, 11) is 1.45. The predicted molar refractivity (Wildman–Crippen MR) is 98.3 cm³/mol. The SMILES string of the molecule is COc1cc(C[S+]([O-])c2nc3cc(OC(F)(F)C(F)(F)C(F)(F)F)ccc3[nH]2)ncc1C. The topological polar surface area (TPSA) is 83.1 Å². The molecule has 3 rings (SSSR count). The number of H-pyrrole nitrogens is 1. The number of pyridine rings is 1.